The number of amides is 1. The molecule has 0 aliphatic carbocycles. The van der Waals surface area contributed by atoms with Crippen LogP contribution in [0.1, 0.15) is 25.0 Å². The van der Waals surface area contributed by atoms with Gasteiger partial charge >= 0.3 is 0 Å². The van der Waals surface area contributed by atoms with E-state index < -0.39 is 0 Å². The van der Waals surface area contributed by atoms with E-state index in [-0.39, 0.29) is 11.7 Å². The summed E-state index contributed by atoms with van der Waals surface area (Å²) in [6.07, 6.45) is 3.00. The molecule has 0 atom stereocenters. The quantitative estimate of drug-likeness (QED) is 0.785. The summed E-state index contributed by atoms with van der Waals surface area (Å²) >= 11 is 0. The Morgan fingerprint density at radius 2 is 1.92 bits per heavy atom. The van der Waals surface area contributed by atoms with Gasteiger partial charge < -0.3 is 10.2 Å². The predicted octanol–water partition coefficient (Wildman–Crippen LogP) is 4.63. The van der Waals surface area contributed by atoms with Crippen LogP contribution in [-0.2, 0) is 4.79 Å². The molecule has 0 saturated heterocycles. The molecule has 0 heterocycles. The molecule has 0 unspecified atom stereocenters. The second-order valence-corrected chi connectivity index (χ2v) is 5.55. The first-order chi connectivity index (χ1) is 11.5. The lowest BCUT2D eigenvalue weighted by molar-refractivity contribution is -0.111. The maximum atomic E-state index is 13.1. The predicted molar refractivity (Wildman–Crippen MR) is 98.8 cm³/mol. The standard InChI is InChI=1S/C20H23FN2O/c1-4-23(5-2)18-10-11-19(15(3)13-18)22-20(24)12-9-16-7-6-8-17(21)14-16/h6-14H,4-5H2,1-3H3,(H,22,24)/b12-9+. The molecule has 0 saturated carbocycles. The van der Waals surface area contributed by atoms with Gasteiger partial charge in [0.2, 0.25) is 5.91 Å². The lowest BCUT2D eigenvalue weighted by Gasteiger charge is -2.22. The van der Waals surface area contributed by atoms with Crippen molar-refractivity contribution in [2.75, 3.05) is 23.3 Å². The molecule has 0 radical (unpaired) electrons. The lowest BCUT2D eigenvalue weighted by atomic mass is 10.1. The van der Waals surface area contributed by atoms with Crippen molar-refractivity contribution < 1.29 is 9.18 Å². The van der Waals surface area contributed by atoms with Crippen LogP contribution < -0.4 is 10.2 Å². The third-order valence-electron chi connectivity index (χ3n) is 3.87. The summed E-state index contributed by atoms with van der Waals surface area (Å²) < 4.78 is 13.1. The molecule has 2 aromatic rings. The van der Waals surface area contributed by atoms with Crippen LogP contribution in [-0.4, -0.2) is 19.0 Å². The van der Waals surface area contributed by atoms with Crippen molar-refractivity contribution in [1.29, 1.82) is 0 Å². The summed E-state index contributed by atoms with van der Waals surface area (Å²) in [7, 11) is 0. The fraction of sp³-hybridized carbons (Fsp3) is 0.250. The van der Waals surface area contributed by atoms with Crippen LogP contribution in [0.3, 0.4) is 0 Å². The number of carbonyl (C=O) groups excluding carboxylic acids is 1. The third kappa shape index (κ3) is 4.69. The second kappa shape index (κ2) is 8.29. The molecular formula is C20H23FN2O. The number of rotatable bonds is 6. The number of anilines is 2. The minimum atomic E-state index is -0.319. The first-order valence-electron chi connectivity index (χ1n) is 8.13. The summed E-state index contributed by atoms with van der Waals surface area (Å²) in [6, 6.07) is 12.1. The zero-order chi connectivity index (χ0) is 17.5. The zero-order valence-corrected chi connectivity index (χ0v) is 14.3. The second-order valence-electron chi connectivity index (χ2n) is 5.55. The lowest BCUT2D eigenvalue weighted by Crippen LogP contribution is -2.22. The summed E-state index contributed by atoms with van der Waals surface area (Å²) in [5.41, 5.74) is 3.58. The highest BCUT2D eigenvalue weighted by molar-refractivity contribution is 6.02. The van der Waals surface area contributed by atoms with Crippen LogP contribution in [0.5, 0.6) is 0 Å². The first-order valence-corrected chi connectivity index (χ1v) is 8.13. The monoisotopic (exact) mass is 326 g/mol. The van der Waals surface area contributed by atoms with Crippen LogP contribution >= 0.6 is 0 Å². The maximum Gasteiger partial charge on any atom is 0.248 e. The van der Waals surface area contributed by atoms with Gasteiger partial charge in [0.15, 0.2) is 0 Å². The molecule has 0 fully saturated rings. The number of nitrogens with zero attached hydrogens (tertiary/aromatic N) is 1. The Morgan fingerprint density at radius 1 is 1.17 bits per heavy atom. The number of hydrogen-bond donors (Lipinski definition) is 1. The van der Waals surface area contributed by atoms with E-state index >= 15 is 0 Å². The van der Waals surface area contributed by atoms with Gasteiger partial charge in [0.05, 0.1) is 0 Å². The highest BCUT2D eigenvalue weighted by atomic mass is 19.1. The smallest absolute Gasteiger partial charge is 0.248 e. The van der Waals surface area contributed by atoms with Crippen molar-refractivity contribution in [3.05, 3.63) is 65.5 Å². The highest BCUT2D eigenvalue weighted by Gasteiger charge is 2.06. The third-order valence-corrected chi connectivity index (χ3v) is 3.87. The largest absolute Gasteiger partial charge is 0.372 e. The van der Waals surface area contributed by atoms with Gasteiger partial charge in [-0.15, -0.1) is 0 Å². The van der Waals surface area contributed by atoms with Crippen LogP contribution in [0, 0.1) is 12.7 Å². The van der Waals surface area contributed by atoms with E-state index in [0.29, 0.717) is 5.56 Å². The summed E-state index contributed by atoms with van der Waals surface area (Å²) in [5.74, 6) is -0.557. The van der Waals surface area contributed by atoms with Crippen LogP contribution in [0.2, 0.25) is 0 Å². The summed E-state index contributed by atoms with van der Waals surface area (Å²) in [5, 5.41) is 2.86. The number of halogens is 1. The molecule has 0 spiro atoms. The van der Waals surface area contributed by atoms with E-state index in [1.54, 1.807) is 18.2 Å². The molecule has 126 valence electrons. The van der Waals surface area contributed by atoms with Gasteiger partial charge in [-0.05, 0) is 68.3 Å². The molecule has 0 aliphatic heterocycles. The van der Waals surface area contributed by atoms with Crippen LogP contribution in [0.25, 0.3) is 6.08 Å². The minimum Gasteiger partial charge on any atom is -0.372 e. The molecule has 1 N–H and O–H groups in total. The Bertz CT molecular complexity index is 736. The molecule has 24 heavy (non-hydrogen) atoms. The molecule has 3 nitrogen and oxygen atoms in total. The van der Waals surface area contributed by atoms with Gasteiger partial charge in [0, 0.05) is 30.5 Å². The Morgan fingerprint density at radius 3 is 2.54 bits per heavy atom. The number of nitrogens with one attached hydrogen (secondary N) is 1. The van der Waals surface area contributed by atoms with Gasteiger partial charge in [0.25, 0.3) is 0 Å². The van der Waals surface area contributed by atoms with Crippen LogP contribution in [0.4, 0.5) is 15.8 Å². The van der Waals surface area contributed by atoms with Crippen LogP contribution in [0.15, 0.2) is 48.5 Å². The zero-order valence-electron chi connectivity index (χ0n) is 14.3. The number of benzene rings is 2. The maximum absolute atomic E-state index is 13.1. The van der Waals surface area contributed by atoms with Gasteiger partial charge in [-0.25, -0.2) is 4.39 Å². The van der Waals surface area contributed by atoms with E-state index in [0.717, 1.165) is 30.0 Å². The Labute approximate surface area is 142 Å². The molecule has 1 amide bonds. The van der Waals surface area contributed by atoms with Gasteiger partial charge in [-0.1, -0.05) is 12.1 Å². The van der Waals surface area contributed by atoms with E-state index in [2.05, 4.69) is 30.1 Å². The molecule has 2 rings (SSSR count). The van der Waals surface area contributed by atoms with Crippen molar-refractivity contribution in [2.24, 2.45) is 0 Å². The summed E-state index contributed by atoms with van der Waals surface area (Å²) in [6.45, 7) is 8.09. The topological polar surface area (TPSA) is 32.3 Å². The normalized spacial score (nSPS) is 10.8. The van der Waals surface area contributed by atoms with Crippen molar-refractivity contribution in [3.8, 4) is 0 Å². The van der Waals surface area contributed by atoms with E-state index in [1.165, 1.54) is 18.2 Å². The number of carbonyl (C=O) groups is 1. The van der Waals surface area contributed by atoms with Crippen molar-refractivity contribution in [2.45, 2.75) is 20.8 Å². The molecular weight excluding hydrogens is 303 g/mol. The van der Waals surface area contributed by atoms with E-state index in [1.807, 2.05) is 19.1 Å². The Hall–Kier alpha value is -2.62. The fourth-order valence-corrected chi connectivity index (χ4v) is 2.53. The van der Waals surface area contributed by atoms with Crippen molar-refractivity contribution in [3.63, 3.8) is 0 Å². The molecule has 0 aromatic heterocycles. The highest BCUT2D eigenvalue weighted by Crippen LogP contribution is 2.22. The first kappa shape index (κ1) is 17.7. The van der Waals surface area contributed by atoms with Gasteiger partial charge in [-0.2, -0.15) is 0 Å². The van der Waals surface area contributed by atoms with E-state index in [9.17, 15) is 9.18 Å². The Balaban J connectivity index is 2.06. The SMILES string of the molecule is CCN(CC)c1ccc(NC(=O)/C=C/c2cccc(F)c2)c(C)c1. The molecule has 2 aromatic carbocycles. The van der Waals surface area contributed by atoms with Crippen molar-refractivity contribution in [1.82, 2.24) is 0 Å². The molecule has 0 bridgehead atoms. The van der Waals surface area contributed by atoms with Gasteiger partial charge in [-0.3, -0.25) is 4.79 Å². The Kier molecular flexibility index (Phi) is 6.13. The number of aryl methyl sites for hydroxylation is 1. The molecule has 4 heteroatoms. The van der Waals surface area contributed by atoms with E-state index in [4.69, 9.17) is 0 Å². The molecule has 0 aliphatic rings. The average molecular weight is 326 g/mol. The average Bonchev–Trinajstić information content (AvgIpc) is 2.56. The minimum absolute atomic E-state index is 0.238. The van der Waals surface area contributed by atoms with Crippen molar-refractivity contribution >= 4 is 23.4 Å². The van der Waals surface area contributed by atoms with Gasteiger partial charge in [0.1, 0.15) is 5.82 Å². The number of hydrogen-bond acceptors (Lipinski definition) is 2. The summed E-state index contributed by atoms with van der Waals surface area (Å²) in [4.78, 5) is 14.3. The fourth-order valence-electron chi connectivity index (χ4n) is 2.53.